The van der Waals surface area contributed by atoms with Gasteiger partial charge < -0.3 is 9.67 Å². The molecule has 3 heterocycles. The molecular weight excluding hydrogens is 406 g/mol. The number of benzene rings is 3. The van der Waals surface area contributed by atoms with Gasteiger partial charge in [-0.2, -0.15) is 0 Å². The van der Waals surface area contributed by atoms with E-state index in [1.165, 1.54) is 5.56 Å². The van der Waals surface area contributed by atoms with E-state index in [9.17, 15) is 5.11 Å². The zero-order valence-electron chi connectivity index (χ0n) is 18.9. The molecule has 0 spiro atoms. The summed E-state index contributed by atoms with van der Waals surface area (Å²) in [5.41, 5.74) is 6.61. The molecule has 0 atom stereocenters. The van der Waals surface area contributed by atoms with Crippen LogP contribution in [0.3, 0.4) is 0 Å². The second-order valence-corrected chi connectivity index (χ2v) is 9.57. The zero-order chi connectivity index (χ0) is 22.7. The van der Waals surface area contributed by atoms with Crippen LogP contribution in [0.15, 0.2) is 91.1 Å². The van der Waals surface area contributed by atoms with E-state index in [-0.39, 0.29) is 11.2 Å². The van der Waals surface area contributed by atoms with E-state index >= 15 is 0 Å². The quantitative estimate of drug-likeness (QED) is 0.317. The lowest BCUT2D eigenvalue weighted by Crippen LogP contribution is -2.12. The molecule has 1 N–H and O–H groups in total. The SMILES string of the molecule is CC(C)(C)c1ccnc(-n2c3cc(O)ccc3c3c2c2ccccc2n3-c2ccccc2)c1. The maximum absolute atomic E-state index is 10.4. The molecule has 0 saturated carbocycles. The Bertz CT molecular complexity index is 1650. The van der Waals surface area contributed by atoms with Gasteiger partial charge in [0.05, 0.1) is 22.1 Å². The minimum absolute atomic E-state index is 0.0000604. The van der Waals surface area contributed by atoms with Gasteiger partial charge in [-0.25, -0.2) is 4.98 Å². The molecule has 162 valence electrons. The minimum Gasteiger partial charge on any atom is -0.508 e. The Morgan fingerprint density at radius 3 is 2.18 bits per heavy atom. The summed E-state index contributed by atoms with van der Waals surface area (Å²) in [6.07, 6.45) is 1.88. The number of phenols is 1. The van der Waals surface area contributed by atoms with Crippen LogP contribution < -0.4 is 0 Å². The fourth-order valence-corrected chi connectivity index (χ4v) is 4.81. The maximum Gasteiger partial charge on any atom is 0.137 e. The lowest BCUT2D eigenvalue weighted by Gasteiger charge is -2.19. The van der Waals surface area contributed by atoms with Crippen molar-refractivity contribution in [1.82, 2.24) is 14.1 Å². The predicted molar refractivity (Wildman–Crippen MR) is 136 cm³/mol. The van der Waals surface area contributed by atoms with Crippen LogP contribution in [-0.4, -0.2) is 19.2 Å². The summed E-state index contributed by atoms with van der Waals surface area (Å²) in [4.78, 5) is 4.79. The molecule has 0 aliphatic carbocycles. The Morgan fingerprint density at radius 1 is 0.697 bits per heavy atom. The molecule has 6 aromatic rings. The van der Waals surface area contributed by atoms with Crippen molar-refractivity contribution < 1.29 is 5.11 Å². The highest BCUT2D eigenvalue weighted by Crippen LogP contribution is 2.41. The highest BCUT2D eigenvalue weighted by Gasteiger charge is 2.23. The second kappa shape index (κ2) is 6.97. The van der Waals surface area contributed by atoms with Crippen molar-refractivity contribution in [3.05, 3.63) is 96.7 Å². The van der Waals surface area contributed by atoms with Gasteiger partial charge in [0.1, 0.15) is 11.6 Å². The first kappa shape index (κ1) is 19.6. The normalized spacial score (nSPS) is 12.2. The maximum atomic E-state index is 10.4. The fraction of sp³-hybridized carbons (Fsp3) is 0.138. The van der Waals surface area contributed by atoms with E-state index in [1.807, 2.05) is 24.4 Å². The van der Waals surface area contributed by atoms with E-state index in [0.29, 0.717) is 0 Å². The first-order valence-electron chi connectivity index (χ1n) is 11.2. The summed E-state index contributed by atoms with van der Waals surface area (Å²) in [5.74, 6) is 1.09. The van der Waals surface area contributed by atoms with Gasteiger partial charge in [-0.05, 0) is 53.4 Å². The van der Waals surface area contributed by atoms with Gasteiger partial charge >= 0.3 is 0 Å². The molecule has 0 amide bonds. The molecule has 33 heavy (non-hydrogen) atoms. The Morgan fingerprint density at radius 2 is 1.39 bits per heavy atom. The number of fused-ring (bicyclic) bond motifs is 5. The van der Waals surface area contributed by atoms with Gasteiger partial charge in [-0.15, -0.1) is 0 Å². The number of hydrogen-bond donors (Lipinski definition) is 1. The first-order chi connectivity index (χ1) is 15.9. The molecule has 4 nitrogen and oxygen atoms in total. The van der Waals surface area contributed by atoms with Crippen molar-refractivity contribution in [1.29, 1.82) is 0 Å². The molecule has 0 aliphatic heterocycles. The van der Waals surface area contributed by atoms with Crippen molar-refractivity contribution in [2.45, 2.75) is 26.2 Å². The Kier molecular flexibility index (Phi) is 4.15. The Labute approximate surface area is 192 Å². The predicted octanol–water partition coefficient (Wildman–Crippen LogP) is 7.13. The Balaban J connectivity index is 1.84. The third-order valence-electron chi connectivity index (χ3n) is 6.40. The molecule has 0 unspecified atom stereocenters. The summed E-state index contributed by atoms with van der Waals surface area (Å²) in [6, 6.07) is 28.8. The van der Waals surface area contributed by atoms with Crippen molar-refractivity contribution in [2.24, 2.45) is 0 Å². The molecule has 0 radical (unpaired) electrons. The zero-order valence-corrected chi connectivity index (χ0v) is 18.9. The highest BCUT2D eigenvalue weighted by molar-refractivity contribution is 6.20. The van der Waals surface area contributed by atoms with Crippen LogP contribution in [0.4, 0.5) is 0 Å². The van der Waals surface area contributed by atoms with Crippen LogP contribution in [-0.2, 0) is 5.41 Å². The summed E-state index contributed by atoms with van der Waals surface area (Å²) in [7, 11) is 0. The number of phenolic OH excluding ortho intramolecular Hbond substituents is 1. The van der Waals surface area contributed by atoms with E-state index < -0.39 is 0 Å². The van der Waals surface area contributed by atoms with Crippen molar-refractivity contribution in [3.8, 4) is 17.3 Å². The standard InChI is InChI=1S/C29H25N3O/c1-29(2,3)19-15-16-30-26(17-19)32-25-18-21(33)13-14-23(25)27-28(32)22-11-7-8-12-24(22)31(27)20-9-5-4-6-10-20/h4-18,33H,1-3H3. The molecule has 6 rings (SSSR count). The summed E-state index contributed by atoms with van der Waals surface area (Å²) in [6.45, 7) is 6.63. The number of nitrogens with zero attached hydrogens (tertiary/aromatic N) is 3. The average Bonchev–Trinajstić information content (AvgIpc) is 3.31. The van der Waals surface area contributed by atoms with Gasteiger partial charge in [0, 0.05) is 28.7 Å². The second-order valence-electron chi connectivity index (χ2n) is 9.57. The van der Waals surface area contributed by atoms with Gasteiger partial charge in [0.15, 0.2) is 0 Å². The van der Waals surface area contributed by atoms with E-state index in [2.05, 4.69) is 90.6 Å². The van der Waals surface area contributed by atoms with Crippen LogP contribution in [0.25, 0.3) is 44.3 Å². The largest absolute Gasteiger partial charge is 0.508 e. The van der Waals surface area contributed by atoms with Crippen LogP contribution in [0.5, 0.6) is 5.75 Å². The topological polar surface area (TPSA) is 43.0 Å². The van der Waals surface area contributed by atoms with Gasteiger partial charge in [-0.3, -0.25) is 4.57 Å². The van der Waals surface area contributed by atoms with E-state index in [1.54, 1.807) is 6.07 Å². The fourth-order valence-electron chi connectivity index (χ4n) is 4.81. The number of hydrogen-bond acceptors (Lipinski definition) is 2. The molecule has 3 aromatic heterocycles. The molecule has 0 saturated heterocycles. The van der Waals surface area contributed by atoms with E-state index in [4.69, 9.17) is 4.98 Å². The number of para-hydroxylation sites is 2. The third kappa shape index (κ3) is 2.94. The number of pyridine rings is 1. The molecule has 0 aliphatic rings. The van der Waals surface area contributed by atoms with Gasteiger partial charge in [0.2, 0.25) is 0 Å². The lowest BCUT2D eigenvalue weighted by atomic mass is 9.88. The minimum atomic E-state index is -0.0000604. The van der Waals surface area contributed by atoms with Crippen molar-refractivity contribution >= 4 is 32.8 Å². The molecule has 4 heteroatoms. The van der Waals surface area contributed by atoms with E-state index in [0.717, 1.165) is 44.3 Å². The number of aromatic nitrogens is 3. The average molecular weight is 432 g/mol. The number of aromatic hydroxyl groups is 1. The van der Waals surface area contributed by atoms with Crippen LogP contribution in [0.1, 0.15) is 26.3 Å². The molecule has 0 bridgehead atoms. The smallest absolute Gasteiger partial charge is 0.137 e. The van der Waals surface area contributed by atoms with Crippen LogP contribution in [0.2, 0.25) is 0 Å². The molecule has 0 fully saturated rings. The van der Waals surface area contributed by atoms with Gasteiger partial charge in [-0.1, -0.05) is 57.2 Å². The van der Waals surface area contributed by atoms with Crippen LogP contribution >= 0.6 is 0 Å². The third-order valence-corrected chi connectivity index (χ3v) is 6.40. The van der Waals surface area contributed by atoms with Gasteiger partial charge in [0.25, 0.3) is 0 Å². The summed E-state index contributed by atoms with van der Waals surface area (Å²) >= 11 is 0. The molecular formula is C29H25N3O. The lowest BCUT2D eigenvalue weighted by molar-refractivity contribution is 0.476. The molecule has 3 aromatic carbocycles. The summed E-state index contributed by atoms with van der Waals surface area (Å²) in [5, 5.41) is 12.6. The highest BCUT2D eigenvalue weighted by atomic mass is 16.3. The monoisotopic (exact) mass is 431 g/mol. The Hall–Kier alpha value is -4.05. The number of rotatable bonds is 2. The van der Waals surface area contributed by atoms with Crippen molar-refractivity contribution in [3.63, 3.8) is 0 Å². The van der Waals surface area contributed by atoms with Crippen LogP contribution in [0, 0.1) is 0 Å². The first-order valence-corrected chi connectivity index (χ1v) is 11.2. The summed E-state index contributed by atoms with van der Waals surface area (Å²) < 4.78 is 4.51. The van der Waals surface area contributed by atoms with Crippen molar-refractivity contribution in [2.75, 3.05) is 0 Å².